The van der Waals surface area contributed by atoms with E-state index in [1.54, 1.807) is 22.3 Å². The van der Waals surface area contributed by atoms with Crippen LogP contribution in [0.3, 0.4) is 0 Å². The highest BCUT2D eigenvalue weighted by Crippen LogP contribution is 2.48. The maximum absolute atomic E-state index is 2.34. The van der Waals surface area contributed by atoms with Gasteiger partial charge in [-0.2, -0.15) is 0 Å². The molecule has 102 heavy (non-hydrogen) atoms. The van der Waals surface area contributed by atoms with Crippen molar-refractivity contribution in [2.45, 2.75) is 205 Å². The van der Waals surface area contributed by atoms with Gasteiger partial charge >= 0.3 is 0 Å². The van der Waals surface area contributed by atoms with Crippen molar-refractivity contribution in [3.63, 3.8) is 0 Å². The van der Waals surface area contributed by atoms with Crippen molar-refractivity contribution in [2.24, 2.45) is 0 Å². The lowest BCUT2D eigenvalue weighted by Crippen LogP contribution is -1.93. The average molecular weight is 1330 g/mol. The van der Waals surface area contributed by atoms with Gasteiger partial charge in [0.05, 0.1) is 0 Å². The van der Waals surface area contributed by atoms with Gasteiger partial charge in [0.15, 0.2) is 0 Å². The van der Waals surface area contributed by atoms with Gasteiger partial charge in [-0.15, -0.1) is 0 Å². The van der Waals surface area contributed by atoms with Crippen molar-refractivity contribution in [3.8, 4) is 66.8 Å². The lowest BCUT2D eigenvalue weighted by Gasteiger charge is -2.12. The van der Waals surface area contributed by atoms with Gasteiger partial charge in [-0.1, -0.05) is 162 Å². The summed E-state index contributed by atoms with van der Waals surface area (Å²) < 4.78 is 0. The fraction of sp³-hybridized carbons (Fsp3) is 0.294. The molecule has 0 aromatic heterocycles. The summed E-state index contributed by atoms with van der Waals surface area (Å²) in [7, 11) is 0. The molecule has 0 amide bonds. The Morgan fingerprint density at radius 2 is 0.529 bits per heavy atom. The van der Waals surface area contributed by atoms with Gasteiger partial charge in [0, 0.05) is 0 Å². The second-order valence-corrected chi connectivity index (χ2v) is 31.8. The van der Waals surface area contributed by atoms with Crippen LogP contribution in [0.2, 0.25) is 0 Å². The molecule has 0 unspecified atom stereocenters. The number of aryl methyl sites for hydroxylation is 17. The molecule has 0 heteroatoms. The molecule has 0 radical (unpaired) electrons. The molecule has 0 heterocycles. The van der Waals surface area contributed by atoms with E-state index in [0.29, 0.717) is 0 Å². The van der Waals surface area contributed by atoms with Crippen molar-refractivity contribution >= 4 is 0 Å². The molecular formula is C102H108. The van der Waals surface area contributed by atoms with E-state index in [1.165, 1.54) is 245 Å². The zero-order chi connectivity index (χ0) is 72.9. The molecule has 0 bridgehead atoms. The fourth-order valence-corrected chi connectivity index (χ4v) is 18.4. The Hall–Kier alpha value is -9.36. The third-order valence-corrected chi connectivity index (χ3v) is 24.9. The van der Waals surface area contributed by atoms with Crippen LogP contribution in [0.1, 0.15) is 200 Å². The van der Waals surface area contributed by atoms with E-state index in [1.807, 2.05) is 0 Å². The molecule has 18 rings (SSSR count). The zero-order valence-electron chi connectivity index (χ0n) is 66.1. The third kappa shape index (κ3) is 12.7. The van der Waals surface area contributed by atoms with E-state index in [-0.39, 0.29) is 0 Å². The molecule has 0 aliphatic heterocycles. The molecule has 0 saturated carbocycles. The molecule has 12 aromatic carbocycles. The first-order chi connectivity index (χ1) is 48.5. The van der Waals surface area contributed by atoms with E-state index < -0.39 is 0 Å². The first kappa shape index (κ1) is 71.1. The van der Waals surface area contributed by atoms with Gasteiger partial charge in [-0.25, -0.2) is 0 Å². The number of fused-ring (bicyclic) bond motifs is 18. The quantitative estimate of drug-likeness (QED) is 0.142. The van der Waals surface area contributed by atoms with Gasteiger partial charge in [0.1, 0.15) is 0 Å². The molecule has 12 aromatic rings. The molecular weight excluding hydrogens is 1230 g/mol. The van der Waals surface area contributed by atoms with Crippen LogP contribution in [0.5, 0.6) is 0 Å². The Morgan fingerprint density at radius 3 is 1.13 bits per heavy atom. The smallest absolute Gasteiger partial charge is 0.000799 e. The maximum Gasteiger partial charge on any atom is -0.000799 e. The van der Waals surface area contributed by atoms with E-state index in [2.05, 4.69) is 312 Å². The highest BCUT2D eigenvalue weighted by molar-refractivity contribution is 5.87. The lowest BCUT2D eigenvalue weighted by molar-refractivity contribution is 1.16. The summed E-state index contributed by atoms with van der Waals surface area (Å²) in [5.74, 6) is 0. The summed E-state index contributed by atoms with van der Waals surface area (Å²) >= 11 is 0. The molecule has 0 nitrogen and oxygen atoms in total. The molecule has 0 atom stereocenters. The van der Waals surface area contributed by atoms with Gasteiger partial charge in [-0.3, -0.25) is 0 Å². The van der Waals surface area contributed by atoms with Crippen molar-refractivity contribution in [3.05, 3.63) is 346 Å². The lowest BCUT2D eigenvalue weighted by atomic mass is 9.92. The van der Waals surface area contributed by atoms with Crippen molar-refractivity contribution in [2.75, 3.05) is 0 Å². The van der Waals surface area contributed by atoms with Crippen LogP contribution in [-0.4, -0.2) is 0 Å². The second kappa shape index (κ2) is 27.8. The summed E-state index contributed by atoms with van der Waals surface area (Å²) in [6, 6.07) is 54.7. The summed E-state index contributed by atoms with van der Waals surface area (Å²) in [6.45, 7) is 53.5. The third-order valence-electron chi connectivity index (χ3n) is 24.9. The number of hydrogen-bond donors (Lipinski definition) is 0. The largest absolute Gasteiger partial charge is 0.0617 e. The van der Waals surface area contributed by atoms with Crippen molar-refractivity contribution in [1.82, 2.24) is 0 Å². The molecule has 6 aliphatic carbocycles. The van der Waals surface area contributed by atoms with Crippen LogP contribution in [-0.2, 0) is 38.5 Å². The average Bonchev–Trinajstić information content (AvgIpc) is 1.65. The number of benzene rings is 12. The van der Waals surface area contributed by atoms with Gasteiger partial charge < -0.3 is 0 Å². The second-order valence-electron chi connectivity index (χ2n) is 31.8. The Kier molecular flexibility index (Phi) is 19.3. The Balaban J connectivity index is 0.000000109. The first-order valence-electron chi connectivity index (χ1n) is 37.7. The summed E-state index contributed by atoms with van der Waals surface area (Å²) in [5.41, 5.74) is 70.2. The standard InChI is InChI=1S/6C17H18/c1-10-6-8-15-16(12(10)3)9-14-7-5-11(2)13(4)17(14)15;1-10-7-12(3)17-14(8-10)9-16-13(4)11(2)5-6-15(16)17;1-10-5-6-15-14(7-10)9-16-13(4)11(2)8-12(3)17(15)16;1-10-5-6-14-9-15-13(4)11(2)8-12(3)17(15)16(14)7-10;1-10-6-5-7-14-15(10)9-16-13(4)11(2)8-12(3)17(14)16;1-10-6-5-7-14-9-15-13(4)11(2)8-12(3)17(15)16(10)14/h6*5-8H,9H2,1-4H3. The topological polar surface area (TPSA) is 0 Å². The molecule has 0 N–H and O–H groups in total. The molecule has 516 valence electrons. The molecule has 0 saturated heterocycles. The summed E-state index contributed by atoms with van der Waals surface area (Å²) in [6.07, 6.45) is 6.67. The first-order valence-corrected chi connectivity index (χ1v) is 37.7. The minimum Gasteiger partial charge on any atom is -0.0617 e. The zero-order valence-corrected chi connectivity index (χ0v) is 66.1. The van der Waals surface area contributed by atoms with Crippen LogP contribution < -0.4 is 0 Å². The summed E-state index contributed by atoms with van der Waals surface area (Å²) in [5, 5.41) is 0. The highest BCUT2D eigenvalue weighted by Gasteiger charge is 2.29. The highest BCUT2D eigenvalue weighted by atomic mass is 14.3. The normalized spacial score (nSPS) is 12.5. The van der Waals surface area contributed by atoms with E-state index in [9.17, 15) is 0 Å². The Bertz CT molecular complexity index is 5450. The number of hydrogen-bond acceptors (Lipinski definition) is 0. The van der Waals surface area contributed by atoms with Crippen LogP contribution >= 0.6 is 0 Å². The predicted octanol–water partition coefficient (Wildman–Crippen LogP) is 26.9. The van der Waals surface area contributed by atoms with Gasteiger partial charge in [0.2, 0.25) is 0 Å². The van der Waals surface area contributed by atoms with Crippen molar-refractivity contribution in [1.29, 1.82) is 0 Å². The number of rotatable bonds is 0. The van der Waals surface area contributed by atoms with E-state index in [0.717, 1.165) is 38.5 Å². The van der Waals surface area contributed by atoms with Crippen LogP contribution in [0.25, 0.3) is 66.8 Å². The van der Waals surface area contributed by atoms with Crippen LogP contribution in [0.15, 0.2) is 146 Å². The predicted molar refractivity (Wildman–Crippen MR) is 442 cm³/mol. The SMILES string of the molecule is Cc1cc(C)c2c(c1)Cc1c-2ccc(C)c1C.Cc1cc(C)c2c(c1C)Cc1c(C)cccc1-2.Cc1cc(C)c2c(c1C)Cc1cccc(C)c1-2.Cc1ccc2c(c1)-c1c(C)cc(C)c(C)c1C2.Cc1ccc2c(c1)Cc1c(C)c(C)cc(C)c1-2.Cc1ccc2c(c1C)Cc1ccc(C)c(C)c1-2. The fourth-order valence-electron chi connectivity index (χ4n) is 18.4. The summed E-state index contributed by atoms with van der Waals surface area (Å²) in [4.78, 5) is 0. The molecule has 6 aliphatic rings. The van der Waals surface area contributed by atoms with E-state index in [4.69, 9.17) is 0 Å². The van der Waals surface area contributed by atoms with Crippen LogP contribution in [0.4, 0.5) is 0 Å². The van der Waals surface area contributed by atoms with Gasteiger partial charge in [-0.05, 0) is 455 Å². The van der Waals surface area contributed by atoms with Crippen LogP contribution in [0, 0.1) is 166 Å². The van der Waals surface area contributed by atoms with Crippen molar-refractivity contribution < 1.29 is 0 Å². The molecule has 0 fully saturated rings. The minimum atomic E-state index is 1.11. The monoisotopic (exact) mass is 1330 g/mol. The maximum atomic E-state index is 2.34. The minimum absolute atomic E-state index is 1.11. The Morgan fingerprint density at radius 1 is 0.157 bits per heavy atom. The molecule has 0 spiro atoms. The van der Waals surface area contributed by atoms with Gasteiger partial charge in [0.25, 0.3) is 0 Å². The van der Waals surface area contributed by atoms with E-state index >= 15 is 0 Å². The Labute approximate surface area is 613 Å².